The Kier molecular flexibility index (Phi) is 8.79. The first kappa shape index (κ1) is 28.9. The number of halogens is 3. The number of carbonyl (C=O) groups excluding carboxylic acids is 2. The molecule has 1 N–H and O–H groups in total. The number of aliphatic imine (C=N–C) groups is 1. The van der Waals surface area contributed by atoms with Crippen molar-refractivity contribution >= 4 is 40.7 Å². The molecule has 1 aliphatic heterocycles. The maximum absolute atomic E-state index is 14.6. The second-order valence-electron chi connectivity index (χ2n) is 9.59. The number of aromatic nitrogens is 3. The van der Waals surface area contributed by atoms with E-state index >= 15 is 0 Å². The van der Waals surface area contributed by atoms with Gasteiger partial charge in [0.25, 0.3) is 0 Å². The van der Waals surface area contributed by atoms with E-state index in [1.165, 1.54) is 23.6 Å². The van der Waals surface area contributed by atoms with E-state index in [0.29, 0.717) is 34.9 Å². The van der Waals surface area contributed by atoms with Gasteiger partial charge in [0.05, 0.1) is 41.6 Å². The number of nitrogens with zero attached hydrogens (tertiary/aromatic N) is 4. The van der Waals surface area contributed by atoms with Crippen LogP contribution in [0.1, 0.15) is 72.5 Å². The third kappa shape index (κ3) is 5.89. The number of allylic oxidation sites excluding steroid dienone is 1. The van der Waals surface area contributed by atoms with Gasteiger partial charge in [0, 0.05) is 29.0 Å². The minimum atomic E-state index is -1.21. The van der Waals surface area contributed by atoms with Crippen molar-refractivity contribution in [2.75, 3.05) is 13.2 Å². The van der Waals surface area contributed by atoms with Crippen molar-refractivity contribution in [2.24, 2.45) is 10.9 Å². The first-order chi connectivity index (χ1) is 19.8. The monoisotopic (exact) mass is 603 g/mol. The molecule has 1 aliphatic carbocycles. The molecule has 9 nitrogen and oxygen atoms in total. The lowest BCUT2D eigenvalue weighted by molar-refractivity contribution is -0.139. The number of hydrogen-bond acceptors (Lipinski definition) is 9. The summed E-state index contributed by atoms with van der Waals surface area (Å²) in [7, 11) is 0. The Morgan fingerprint density at radius 2 is 1.85 bits per heavy atom. The average Bonchev–Trinajstić information content (AvgIpc) is 3.69. The van der Waals surface area contributed by atoms with Crippen molar-refractivity contribution in [2.45, 2.75) is 51.6 Å². The van der Waals surface area contributed by atoms with Gasteiger partial charge < -0.3 is 14.8 Å². The molecule has 1 aromatic carbocycles. The van der Waals surface area contributed by atoms with Crippen molar-refractivity contribution in [3.8, 4) is 0 Å². The molecule has 0 radical (unpaired) electrons. The molecule has 3 aromatic rings. The van der Waals surface area contributed by atoms with E-state index in [-0.39, 0.29) is 36.3 Å². The fraction of sp³-hybridized carbons (Fsp3) is 0.393. The van der Waals surface area contributed by atoms with E-state index in [1.54, 1.807) is 36.3 Å². The highest BCUT2D eigenvalue weighted by Gasteiger charge is 2.38. The quantitative estimate of drug-likeness (QED) is 0.257. The van der Waals surface area contributed by atoms with Gasteiger partial charge in [-0.1, -0.05) is 17.7 Å². The smallest absolute Gasteiger partial charge is 0.341 e. The summed E-state index contributed by atoms with van der Waals surface area (Å²) in [5.41, 5.74) is 1.34. The Morgan fingerprint density at radius 1 is 1.12 bits per heavy atom. The second-order valence-corrected chi connectivity index (χ2v) is 10.9. The lowest BCUT2D eigenvalue weighted by Crippen LogP contribution is -2.38. The van der Waals surface area contributed by atoms with Crippen LogP contribution < -0.4 is 5.32 Å². The molecule has 0 spiro atoms. The van der Waals surface area contributed by atoms with Gasteiger partial charge in [-0.15, -0.1) is 11.3 Å². The molecule has 0 saturated heterocycles. The molecule has 2 aromatic heterocycles. The van der Waals surface area contributed by atoms with Gasteiger partial charge in [-0.25, -0.2) is 23.4 Å². The molecular weight excluding hydrogens is 576 g/mol. The number of thiazole rings is 1. The summed E-state index contributed by atoms with van der Waals surface area (Å²) in [6.45, 7) is 3.84. The molecule has 0 amide bonds. The van der Waals surface area contributed by atoms with Crippen LogP contribution in [0, 0.1) is 17.6 Å². The van der Waals surface area contributed by atoms with E-state index in [2.05, 4.69) is 15.4 Å². The van der Waals surface area contributed by atoms with Crippen LogP contribution in [-0.2, 0) is 14.3 Å². The highest BCUT2D eigenvalue weighted by molar-refractivity contribution is 7.11. The lowest BCUT2D eigenvalue weighted by atomic mass is 9.80. The van der Waals surface area contributed by atoms with E-state index < -0.39 is 34.6 Å². The minimum Gasteiger partial charge on any atom is -0.463 e. The number of carbonyl (C=O) groups is 2. The Balaban J connectivity index is 1.50. The maximum atomic E-state index is 14.6. The Bertz CT molecular complexity index is 1500. The van der Waals surface area contributed by atoms with Crippen LogP contribution >= 0.6 is 22.9 Å². The number of esters is 2. The van der Waals surface area contributed by atoms with Gasteiger partial charge in [0.2, 0.25) is 0 Å². The minimum absolute atomic E-state index is 0.0493. The molecule has 1 fully saturated rings. The lowest BCUT2D eigenvalue weighted by Gasteiger charge is -2.35. The molecular formula is C28H28ClF2N5O4S. The molecule has 0 bridgehead atoms. The van der Waals surface area contributed by atoms with E-state index in [0.717, 1.165) is 18.9 Å². The standard InChI is InChI=1S/C28H28ClF2N5O4S/c1-3-39-27(37)16-13-33-36(14-16)17-7-5-15(6-8-17)23-20(28(38)40-4-2)24(18-9-10-19(30)22(31)21(18)29)35-25(34-23)26-32-11-12-41-26/h9-15,17,24H,3-8H2,1-2H3,(H,34,35)/t15-,17+,24?. The number of benzene rings is 1. The van der Waals surface area contributed by atoms with Gasteiger partial charge >= 0.3 is 11.9 Å². The third-order valence-electron chi connectivity index (χ3n) is 7.16. The van der Waals surface area contributed by atoms with Crippen LogP contribution in [0.3, 0.4) is 0 Å². The summed E-state index contributed by atoms with van der Waals surface area (Å²) < 4.78 is 40.8. The predicted octanol–water partition coefficient (Wildman–Crippen LogP) is 5.79. The Labute approximate surface area is 244 Å². The van der Waals surface area contributed by atoms with Crippen molar-refractivity contribution < 1.29 is 27.8 Å². The number of nitrogens with one attached hydrogen (secondary N) is 1. The van der Waals surface area contributed by atoms with Crippen LogP contribution in [0.2, 0.25) is 5.02 Å². The van der Waals surface area contributed by atoms with E-state index in [4.69, 9.17) is 26.1 Å². The van der Waals surface area contributed by atoms with Crippen molar-refractivity contribution in [3.63, 3.8) is 0 Å². The second kappa shape index (κ2) is 12.5. The van der Waals surface area contributed by atoms with Crippen LogP contribution in [0.4, 0.5) is 8.78 Å². The average molecular weight is 604 g/mol. The first-order valence-corrected chi connectivity index (χ1v) is 14.6. The summed E-state index contributed by atoms with van der Waals surface area (Å²) in [4.78, 5) is 34.6. The fourth-order valence-corrected chi connectivity index (χ4v) is 6.08. The zero-order chi connectivity index (χ0) is 29.1. The highest BCUT2D eigenvalue weighted by Crippen LogP contribution is 2.43. The van der Waals surface area contributed by atoms with Crippen LogP contribution in [0.15, 0.2) is 52.4 Å². The molecule has 1 saturated carbocycles. The van der Waals surface area contributed by atoms with Crippen molar-refractivity contribution in [1.29, 1.82) is 0 Å². The van der Waals surface area contributed by atoms with Gasteiger partial charge in [0.15, 0.2) is 22.5 Å². The molecule has 13 heteroatoms. The first-order valence-electron chi connectivity index (χ1n) is 13.3. The summed E-state index contributed by atoms with van der Waals surface area (Å²) in [5, 5.41) is 9.63. The van der Waals surface area contributed by atoms with Crippen LogP contribution in [-0.4, -0.2) is 45.8 Å². The molecule has 41 heavy (non-hydrogen) atoms. The summed E-state index contributed by atoms with van der Waals surface area (Å²) >= 11 is 7.63. The van der Waals surface area contributed by atoms with Gasteiger partial charge in [0.1, 0.15) is 6.04 Å². The normalized spacial score (nSPS) is 20.8. The van der Waals surface area contributed by atoms with Gasteiger partial charge in [-0.2, -0.15) is 5.10 Å². The summed E-state index contributed by atoms with van der Waals surface area (Å²) in [5.74, 6) is -3.04. The molecule has 1 unspecified atom stereocenters. The zero-order valence-electron chi connectivity index (χ0n) is 22.4. The highest BCUT2D eigenvalue weighted by atomic mass is 35.5. The molecule has 216 valence electrons. The van der Waals surface area contributed by atoms with Crippen LogP contribution in [0.25, 0.3) is 0 Å². The summed E-state index contributed by atoms with van der Waals surface area (Å²) in [6.07, 6.45) is 7.61. The SMILES string of the molecule is CCOC(=O)C1=C([C@H]2CC[C@@H](n3cc(C(=O)OCC)cn3)CC2)NC(c2nccs2)=NC1c1ccc(F)c(F)c1Cl. The van der Waals surface area contributed by atoms with E-state index in [1.807, 2.05) is 0 Å². The Morgan fingerprint density at radius 3 is 2.54 bits per heavy atom. The number of amidine groups is 1. The maximum Gasteiger partial charge on any atom is 0.341 e. The third-order valence-corrected chi connectivity index (χ3v) is 8.32. The topological polar surface area (TPSA) is 108 Å². The van der Waals surface area contributed by atoms with E-state index in [9.17, 15) is 18.4 Å². The number of ether oxygens (including phenoxy) is 2. The molecule has 5 rings (SSSR count). The zero-order valence-corrected chi connectivity index (χ0v) is 24.0. The molecule has 2 aliphatic rings. The van der Waals surface area contributed by atoms with Crippen molar-refractivity contribution in [3.05, 3.63) is 80.2 Å². The van der Waals surface area contributed by atoms with Gasteiger partial charge in [-0.05, 0) is 51.5 Å². The van der Waals surface area contributed by atoms with Crippen LogP contribution in [0.5, 0.6) is 0 Å². The summed E-state index contributed by atoms with van der Waals surface area (Å²) in [6, 6.07) is 1.32. The fourth-order valence-electron chi connectivity index (χ4n) is 5.23. The Hall–Kier alpha value is -3.64. The molecule has 1 atom stereocenters. The number of hydrogen-bond donors (Lipinski definition) is 1. The largest absolute Gasteiger partial charge is 0.463 e. The van der Waals surface area contributed by atoms with Gasteiger partial charge in [-0.3, -0.25) is 9.67 Å². The number of rotatable bonds is 8. The predicted molar refractivity (Wildman–Crippen MR) is 149 cm³/mol. The molecule has 3 heterocycles. The van der Waals surface area contributed by atoms with Crippen molar-refractivity contribution in [1.82, 2.24) is 20.1 Å².